The summed E-state index contributed by atoms with van der Waals surface area (Å²) >= 11 is 0. The van der Waals surface area contributed by atoms with Gasteiger partial charge in [-0.15, -0.1) is 0 Å². The third kappa shape index (κ3) is 5.46. The number of hydrogen-bond acceptors (Lipinski definition) is 8. The van der Waals surface area contributed by atoms with Crippen molar-refractivity contribution in [1.29, 1.82) is 0 Å². The van der Waals surface area contributed by atoms with Crippen molar-refractivity contribution < 1.29 is 22.9 Å². The molecule has 1 amide bonds. The number of nitrogens with zero attached hydrogens (tertiary/aromatic N) is 4. The lowest BCUT2D eigenvalue weighted by Gasteiger charge is -2.34. The molecule has 4 rings (SSSR count). The third-order valence-corrected chi connectivity index (χ3v) is 7.29. The van der Waals surface area contributed by atoms with Crippen molar-refractivity contribution in [2.75, 3.05) is 73.9 Å². The van der Waals surface area contributed by atoms with Gasteiger partial charge in [-0.05, 0) is 36.4 Å². The molecule has 0 bridgehead atoms. The van der Waals surface area contributed by atoms with Gasteiger partial charge in [0.15, 0.2) is 0 Å². The summed E-state index contributed by atoms with van der Waals surface area (Å²) in [6.07, 6.45) is 1.21. The van der Waals surface area contributed by atoms with Crippen LogP contribution in [0.3, 0.4) is 0 Å². The summed E-state index contributed by atoms with van der Waals surface area (Å²) in [4.78, 5) is 27.9. The SMILES string of the molecule is CS(=O)(=O)N1CCN(c2ccc(NC(=O)c3ccc(N4CCOCC4)c([N+](=O)[O-])c3)cc2)CC1. The molecule has 0 saturated carbocycles. The van der Waals surface area contributed by atoms with Gasteiger partial charge in [0.25, 0.3) is 11.6 Å². The van der Waals surface area contributed by atoms with Crippen molar-refractivity contribution in [3.8, 4) is 0 Å². The first-order chi connectivity index (χ1) is 16.2. The van der Waals surface area contributed by atoms with Gasteiger partial charge in [0.05, 0.1) is 24.4 Å². The largest absolute Gasteiger partial charge is 0.378 e. The molecule has 0 radical (unpaired) electrons. The molecule has 0 atom stereocenters. The fraction of sp³-hybridized carbons (Fsp3) is 0.409. The lowest BCUT2D eigenvalue weighted by molar-refractivity contribution is -0.384. The maximum Gasteiger partial charge on any atom is 0.293 e. The van der Waals surface area contributed by atoms with Crippen LogP contribution in [0.1, 0.15) is 10.4 Å². The summed E-state index contributed by atoms with van der Waals surface area (Å²) in [5.41, 5.74) is 2.05. The van der Waals surface area contributed by atoms with Gasteiger partial charge in [0.2, 0.25) is 10.0 Å². The van der Waals surface area contributed by atoms with E-state index in [2.05, 4.69) is 10.2 Å². The number of hydrogen-bond donors (Lipinski definition) is 1. The Hall–Kier alpha value is -3.22. The highest BCUT2D eigenvalue weighted by Crippen LogP contribution is 2.30. The van der Waals surface area contributed by atoms with Crippen LogP contribution in [0.4, 0.5) is 22.7 Å². The van der Waals surface area contributed by atoms with E-state index in [1.54, 1.807) is 24.3 Å². The summed E-state index contributed by atoms with van der Waals surface area (Å²) in [5.74, 6) is -0.439. The van der Waals surface area contributed by atoms with Crippen LogP contribution in [0, 0.1) is 10.1 Å². The van der Waals surface area contributed by atoms with Crippen LogP contribution in [-0.4, -0.2) is 82.3 Å². The molecule has 0 aliphatic carbocycles. The van der Waals surface area contributed by atoms with Gasteiger partial charge in [-0.25, -0.2) is 8.42 Å². The number of anilines is 3. The Morgan fingerprint density at radius 3 is 2.21 bits per heavy atom. The fourth-order valence-electron chi connectivity index (χ4n) is 4.12. The predicted octanol–water partition coefficient (Wildman–Crippen LogP) is 1.77. The van der Waals surface area contributed by atoms with Gasteiger partial charge in [0.1, 0.15) is 5.69 Å². The van der Waals surface area contributed by atoms with E-state index in [9.17, 15) is 23.3 Å². The quantitative estimate of drug-likeness (QED) is 0.481. The number of carbonyl (C=O) groups is 1. The molecule has 1 N–H and O–H groups in total. The minimum Gasteiger partial charge on any atom is -0.378 e. The van der Waals surface area contributed by atoms with Crippen molar-refractivity contribution in [1.82, 2.24) is 4.31 Å². The Balaban J connectivity index is 1.42. The van der Waals surface area contributed by atoms with Gasteiger partial charge < -0.3 is 19.9 Å². The van der Waals surface area contributed by atoms with E-state index in [1.165, 1.54) is 16.6 Å². The smallest absolute Gasteiger partial charge is 0.293 e. The molecular weight excluding hydrogens is 462 g/mol. The average Bonchev–Trinajstić information content (AvgIpc) is 2.84. The lowest BCUT2D eigenvalue weighted by atomic mass is 10.1. The van der Waals surface area contributed by atoms with Gasteiger partial charge >= 0.3 is 0 Å². The second-order valence-electron chi connectivity index (χ2n) is 8.21. The topological polar surface area (TPSA) is 125 Å². The zero-order chi connectivity index (χ0) is 24.3. The molecule has 2 aliphatic heterocycles. The van der Waals surface area contributed by atoms with E-state index in [0.717, 1.165) is 5.69 Å². The third-order valence-electron chi connectivity index (χ3n) is 5.98. The molecule has 12 heteroatoms. The number of piperazine rings is 1. The first kappa shape index (κ1) is 23.9. The normalized spacial score (nSPS) is 17.4. The first-order valence-electron chi connectivity index (χ1n) is 10.9. The number of nitro groups is 1. The second kappa shape index (κ2) is 9.95. The number of rotatable bonds is 6. The Labute approximate surface area is 198 Å². The Morgan fingerprint density at radius 1 is 0.971 bits per heavy atom. The van der Waals surface area contributed by atoms with Crippen molar-refractivity contribution in [2.45, 2.75) is 0 Å². The van der Waals surface area contributed by atoms with Crippen LogP contribution < -0.4 is 15.1 Å². The number of nitro benzene ring substituents is 1. The number of morpholine rings is 1. The molecule has 2 fully saturated rings. The van der Waals surface area contributed by atoms with Gasteiger partial charge in [0, 0.05) is 62.3 Å². The van der Waals surface area contributed by atoms with Crippen molar-refractivity contribution in [3.05, 3.63) is 58.1 Å². The van der Waals surface area contributed by atoms with Crippen LogP contribution in [0.25, 0.3) is 0 Å². The highest BCUT2D eigenvalue weighted by atomic mass is 32.2. The Bertz CT molecular complexity index is 1160. The average molecular weight is 490 g/mol. The lowest BCUT2D eigenvalue weighted by Crippen LogP contribution is -2.48. The summed E-state index contributed by atoms with van der Waals surface area (Å²) in [5, 5.41) is 14.4. The monoisotopic (exact) mass is 489 g/mol. The van der Waals surface area contributed by atoms with Crippen LogP contribution in [0.2, 0.25) is 0 Å². The van der Waals surface area contributed by atoms with Crippen molar-refractivity contribution in [3.63, 3.8) is 0 Å². The van der Waals surface area contributed by atoms with Crippen LogP contribution in [0.15, 0.2) is 42.5 Å². The molecule has 2 aromatic carbocycles. The number of benzene rings is 2. The van der Waals surface area contributed by atoms with E-state index in [4.69, 9.17) is 4.74 Å². The fourth-order valence-corrected chi connectivity index (χ4v) is 4.95. The molecule has 2 saturated heterocycles. The van der Waals surface area contributed by atoms with E-state index < -0.39 is 20.9 Å². The van der Waals surface area contributed by atoms with E-state index in [0.29, 0.717) is 63.9 Å². The molecule has 182 valence electrons. The molecule has 2 heterocycles. The van der Waals surface area contributed by atoms with Crippen LogP contribution >= 0.6 is 0 Å². The minimum atomic E-state index is -3.19. The maximum absolute atomic E-state index is 12.8. The molecule has 0 aromatic heterocycles. The number of nitrogens with one attached hydrogen (secondary N) is 1. The van der Waals surface area contributed by atoms with Gasteiger partial charge in [-0.3, -0.25) is 14.9 Å². The summed E-state index contributed by atoms with van der Waals surface area (Å²) in [7, 11) is -3.19. The number of amides is 1. The Kier molecular flexibility index (Phi) is 7.00. The molecule has 34 heavy (non-hydrogen) atoms. The first-order valence-corrected chi connectivity index (χ1v) is 12.8. The summed E-state index contributed by atoms with van der Waals surface area (Å²) < 4.78 is 30.1. The molecule has 2 aliphatic rings. The van der Waals surface area contributed by atoms with E-state index in [1.807, 2.05) is 17.0 Å². The number of ether oxygens (including phenoxy) is 1. The Morgan fingerprint density at radius 2 is 1.62 bits per heavy atom. The molecule has 0 unspecified atom stereocenters. The minimum absolute atomic E-state index is 0.113. The molecule has 0 spiro atoms. The number of carbonyl (C=O) groups excluding carboxylic acids is 1. The second-order valence-corrected chi connectivity index (χ2v) is 10.2. The highest BCUT2D eigenvalue weighted by molar-refractivity contribution is 7.88. The summed E-state index contributed by atoms with van der Waals surface area (Å²) in [6.45, 7) is 4.14. The van der Waals surface area contributed by atoms with Gasteiger partial charge in [-0.2, -0.15) is 4.31 Å². The zero-order valence-corrected chi connectivity index (χ0v) is 19.7. The van der Waals surface area contributed by atoms with Crippen molar-refractivity contribution >= 4 is 38.7 Å². The van der Waals surface area contributed by atoms with Crippen LogP contribution in [-0.2, 0) is 14.8 Å². The van der Waals surface area contributed by atoms with Gasteiger partial charge in [-0.1, -0.05) is 0 Å². The molecule has 2 aromatic rings. The molecular formula is C22H27N5O6S. The molecule has 11 nitrogen and oxygen atoms in total. The van der Waals surface area contributed by atoms with E-state index in [-0.39, 0.29) is 11.3 Å². The van der Waals surface area contributed by atoms with Crippen LogP contribution in [0.5, 0.6) is 0 Å². The highest BCUT2D eigenvalue weighted by Gasteiger charge is 2.25. The standard InChI is InChI=1S/C22H27N5O6S/c1-34(31,32)26-10-8-24(9-11-26)19-5-3-18(4-6-19)23-22(28)17-2-7-20(21(16-17)27(29)30)25-12-14-33-15-13-25/h2-7,16H,8-15H2,1H3,(H,23,28). The van der Waals surface area contributed by atoms with E-state index >= 15 is 0 Å². The number of sulfonamides is 1. The maximum atomic E-state index is 12.8. The zero-order valence-electron chi connectivity index (χ0n) is 18.8. The summed E-state index contributed by atoms with van der Waals surface area (Å²) in [6, 6.07) is 11.7. The van der Waals surface area contributed by atoms with Crippen molar-refractivity contribution in [2.24, 2.45) is 0 Å². The predicted molar refractivity (Wildman–Crippen MR) is 129 cm³/mol.